The number of hydrogen-bond acceptors (Lipinski definition) is 8. The van der Waals surface area contributed by atoms with Gasteiger partial charge in [-0.2, -0.15) is 0 Å². The quantitative estimate of drug-likeness (QED) is 0.207. The number of aromatic nitrogens is 1. The summed E-state index contributed by atoms with van der Waals surface area (Å²) in [6.07, 6.45) is 4.77. The number of carbonyl (C=O) groups is 4. The van der Waals surface area contributed by atoms with Crippen LogP contribution in [0.15, 0.2) is 55.1 Å². The summed E-state index contributed by atoms with van der Waals surface area (Å²) < 4.78 is 17.7. The number of ether oxygens (including phenoxy) is 3. The van der Waals surface area contributed by atoms with E-state index in [1.54, 1.807) is 41.7 Å². The van der Waals surface area contributed by atoms with Gasteiger partial charge >= 0.3 is 12.1 Å². The number of amides is 3. The number of aliphatic carboxylic acids is 1. The van der Waals surface area contributed by atoms with Crippen LogP contribution in [-0.4, -0.2) is 81.8 Å². The Hall–Kier alpha value is -5.13. The second-order valence-corrected chi connectivity index (χ2v) is 15.7. The van der Waals surface area contributed by atoms with Crippen LogP contribution in [-0.2, 0) is 32.0 Å². The van der Waals surface area contributed by atoms with Crippen molar-refractivity contribution in [2.45, 2.75) is 102 Å². The van der Waals surface area contributed by atoms with Crippen molar-refractivity contribution in [1.29, 1.82) is 0 Å². The van der Waals surface area contributed by atoms with Crippen LogP contribution < -0.4 is 20.1 Å². The van der Waals surface area contributed by atoms with Crippen LogP contribution in [0.3, 0.4) is 0 Å². The van der Waals surface area contributed by atoms with Gasteiger partial charge in [0.25, 0.3) is 0 Å². The lowest BCUT2D eigenvalue weighted by molar-refractivity contribution is -0.146. The topological polar surface area (TPSA) is 156 Å². The zero-order valence-corrected chi connectivity index (χ0v) is 31.4. The maximum Gasteiger partial charge on any atom is 0.408 e. The average molecular weight is 727 g/mol. The van der Waals surface area contributed by atoms with Gasteiger partial charge in [0.15, 0.2) is 0 Å². The number of hydrogen-bond donors (Lipinski definition) is 3. The second-order valence-electron chi connectivity index (χ2n) is 15.7. The Morgan fingerprint density at radius 3 is 2.43 bits per heavy atom. The minimum Gasteiger partial charge on any atom is -0.497 e. The van der Waals surface area contributed by atoms with Crippen LogP contribution >= 0.6 is 0 Å². The summed E-state index contributed by atoms with van der Waals surface area (Å²) in [4.78, 5) is 59.9. The maximum absolute atomic E-state index is 14.3. The molecule has 1 aliphatic heterocycles. The SMILES string of the molecule is C=C[C@@H]1C[C@]1(NC(=O)[C@@H]1C[C@@H](Oc2cc(-c3ccc4c(c3)CCCC4)nc3cc(OC)ccc23)CN1C(=O)[C@@H](NC(=O)OC(C)(C)C)C(C)C)C(=O)O. The number of alkyl carbamates (subject to hydrolysis) is 1. The zero-order valence-electron chi connectivity index (χ0n) is 31.4. The number of likely N-dealkylation sites (tertiary alicyclic amines) is 1. The molecular formula is C41H50N4O8. The Balaban J connectivity index is 1.34. The van der Waals surface area contributed by atoms with Gasteiger partial charge in [-0.05, 0) is 88.1 Å². The molecule has 3 N–H and O–H groups in total. The predicted octanol–water partition coefficient (Wildman–Crippen LogP) is 5.83. The summed E-state index contributed by atoms with van der Waals surface area (Å²) in [5, 5.41) is 16.2. The van der Waals surface area contributed by atoms with Gasteiger partial charge < -0.3 is 34.9 Å². The molecule has 0 bridgehead atoms. The molecule has 3 aromatic rings. The highest BCUT2D eigenvalue weighted by Gasteiger charge is 2.61. The van der Waals surface area contributed by atoms with E-state index in [1.165, 1.54) is 28.5 Å². The number of carboxylic acid groups (broad SMARTS) is 1. The molecule has 2 aliphatic carbocycles. The van der Waals surface area contributed by atoms with E-state index in [0.29, 0.717) is 22.7 Å². The molecule has 0 unspecified atom stereocenters. The first-order valence-corrected chi connectivity index (χ1v) is 18.4. The van der Waals surface area contributed by atoms with Gasteiger partial charge in [-0.25, -0.2) is 14.6 Å². The van der Waals surface area contributed by atoms with Gasteiger partial charge in [0.05, 0.1) is 24.9 Å². The highest BCUT2D eigenvalue weighted by atomic mass is 16.6. The summed E-state index contributed by atoms with van der Waals surface area (Å²) in [5.74, 6) is -1.94. The van der Waals surface area contributed by atoms with Gasteiger partial charge in [-0.3, -0.25) is 9.59 Å². The third kappa shape index (κ3) is 7.96. The van der Waals surface area contributed by atoms with E-state index >= 15 is 0 Å². The molecule has 12 nitrogen and oxygen atoms in total. The predicted molar refractivity (Wildman–Crippen MR) is 200 cm³/mol. The van der Waals surface area contributed by atoms with E-state index in [2.05, 4.69) is 35.4 Å². The monoisotopic (exact) mass is 726 g/mol. The molecule has 2 heterocycles. The standard InChI is InChI=1S/C41H50N4O8/c1-8-27-21-41(27,38(48)49)44-36(46)33-19-29(22-45(33)37(47)35(23(2)3)43-39(50)53-40(4,5)6)52-34-20-31(42-32-18-28(51-7)15-16-30(32)34)26-14-13-24-11-9-10-12-25(24)17-26/h8,13-18,20,23,27,29,33,35H,1,9-12,19,21-22H2,2-7H3,(H,43,50)(H,44,46)(H,48,49)/t27-,29-,33+,35+,41-/m1/s1. The maximum atomic E-state index is 14.3. The lowest BCUT2D eigenvalue weighted by Gasteiger charge is -2.31. The Morgan fingerprint density at radius 1 is 1.06 bits per heavy atom. The van der Waals surface area contributed by atoms with Crippen LogP contribution in [0.1, 0.15) is 71.4 Å². The normalized spacial score (nSPS) is 22.8. The van der Waals surface area contributed by atoms with Crippen molar-refractivity contribution in [1.82, 2.24) is 20.5 Å². The van der Waals surface area contributed by atoms with Crippen molar-refractivity contribution >= 4 is 34.8 Å². The van der Waals surface area contributed by atoms with Crippen molar-refractivity contribution in [3.05, 3.63) is 66.2 Å². The molecule has 5 atom stereocenters. The minimum atomic E-state index is -1.50. The average Bonchev–Trinajstić information content (AvgIpc) is 3.68. The number of rotatable bonds is 11. The lowest BCUT2D eigenvalue weighted by atomic mass is 9.90. The third-order valence-electron chi connectivity index (χ3n) is 10.4. The summed E-state index contributed by atoms with van der Waals surface area (Å²) in [7, 11) is 1.59. The first kappa shape index (κ1) is 37.6. The van der Waals surface area contributed by atoms with Gasteiger partial charge in [0.2, 0.25) is 11.8 Å². The van der Waals surface area contributed by atoms with Crippen LogP contribution in [0.2, 0.25) is 0 Å². The molecular weight excluding hydrogens is 676 g/mol. The van der Waals surface area contributed by atoms with Crippen LogP contribution in [0.4, 0.5) is 4.79 Å². The van der Waals surface area contributed by atoms with Crippen molar-refractivity contribution < 1.29 is 38.5 Å². The van der Waals surface area contributed by atoms with E-state index in [0.717, 1.165) is 30.2 Å². The number of nitrogens with zero attached hydrogens (tertiary/aromatic N) is 2. The fourth-order valence-corrected chi connectivity index (χ4v) is 7.44. The fourth-order valence-electron chi connectivity index (χ4n) is 7.44. The van der Waals surface area contributed by atoms with Gasteiger partial charge in [-0.15, -0.1) is 6.58 Å². The van der Waals surface area contributed by atoms with Crippen LogP contribution in [0.5, 0.6) is 11.5 Å². The molecule has 1 saturated heterocycles. The highest BCUT2D eigenvalue weighted by Crippen LogP contribution is 2.45. The first-order chi connectivity index (χ1) is 25.1. The molecule has 53 heavy (non-hydrogen) atoms. The van der Waals surface area contributed by atoms with E-state index in [9.17, 15) is 24.3 Å². The molecule has 2 aromatic carbocycles. The number of pyridine rings is 1. The van der Waals surface area contributed by atoms with Crippen molar-refractivity contribution in [2.75, 3.05) is 13.7 Å². The molecule has 12 heteroatoms. The van der Waals surface area contributed by atoms with E-state index in [-0.39, 0.29) is 25.3 Å². The summed E-state index contributed by atoms with van der Waals surface area (Å²) in [6.45, 7) is 12.5. The molecule has 0 spiro atoms. The summed E-state index contributed by atoms with van der Waals surface area (Å²) in [5.41, 5.74) is 2.70. The largest absolute Gasteiger partial charge is 0.497 e. The molecule has 282 valence electrons. The van der Waals surface area contributed by atoms with E-state index in [4.69, 9.17) is 19.2 Å². The number of benzene rings is 2. The van der Waals surface area contributed by atoms with Gasteiger partial charge in [0.1, 0.15) is 40.8 Å². The van der Waals surface area contributed by atoms with Crippen molar-refractivity contribution in [3.8, 4) is 22.8 Å². The number of carboxylic acids is 1. The second kappa shape index (κ2) is 14.7. The molecule has 3 amide bonds. The Bertz CT molecular complexity index is 1940. The number of fused-ring (bicyclic) bond motifs is 2. The lowest BCUT2D eigenvalue weighted by Crippen LogP contribution is -2.57. The number of carbonyl (C=O) groups excluding carboxylic acids is 3. The Morgan fingerprint density at radius 2 is 1.79 bits per heavy atom. The van der Waals surface area contributed by atoms with Crippen LogP contribution in [0.25, 0.3) is 22.2 Å². The highest BCUT2D eigenvalue weighted by molar-refractivity contribution is 5.96. The summed E-state index contributed by atoms with van der Waals surface area (Å²) in [6, 6.07) is 11.8. The Kier molecular flexibility index (Phi) is 10.4. The molecule has 2 fully saturated rings. The molecule has 1 saturated carbocycles. The number of nitrogens with one attached hydrogen (secondary N) is 2. The van der Waals surface area contributed by atoms with Crippen molar-refractivity contribution in [2.24, 2.45) is 11.8 Å². The van der Waals surface area contributed by atoms with Crippen LogP contribution in [0, 0.1) is 11.8 Å². The number of aryl methyl sites for hydroxylation is 2. The third-order valence-corrected chi connectivity index (χ3v) is 10.4. The fraction of sp³-hybridized carbons (Fsp3) is 0.488. The zero-order chi connectivity index (χ0) is 38.2. The molecule has 0 radical (unpaired) electrons. The van der Waals surface area contributed by atoms with E-state index < -0.39 is 59.1 Å². The Labute approximate surface area is 310 Å². The van der Waals surface area contributed by atoms with Crippen molar-refractivity contribution in [3.63, 3.8) is 0 Å². The van der Waals surface area contributed by atoms with E-state index in [1.807, 2.05) is 24.3 Å². The molecule has 1 aromatic heterocycles. The summed E-state index contributed by atoms with van der Waals surface area (Å²) >= 11 is 0. The number of methoxy groups -OCH3 is 1. The van der Waals surface area contributed by atoms with Gasteiger partial charge in [-0.1, -0.05) is 32.1 Å². The molecule has 3 aliphatic rings. The minimum absolute atomic E-state index is 0.00917. The molecule has 6 rings (SSSR count). The smallest absolute Gasteiger partial charge is 0.408 e. The first-order valence-electron chi connectivity index (χ1n) is 18.4. The van der Waals surface area contributed by atoms with Gasteiger partial charge in [0, 0.05) is 35.4 Å².